The predicted octanol–water partition coefficient (Wildman–Crippen LogP) is 2.23. The summed E-state index contributed by atoms with van der Waals surface area (Å²) in [5.41, 5.74) is 7.46. The second-order valence-electron chi connectivity index (χ2n) is 4.15. The fraction of sp³-hybridized carbons (Fsp3) is 0.500. The number of hydrogen-bond acceptors (Lipinski definition) is 3. The molecule has 16 heavy (non-hydrogen) atoms. The van der Waals surface area contributed by atoms with Gasteiger partial charge in [-0.1, -0.05) is 31.5 Å². The third-order valence-corrected chi connectivity index (χ3v) is 3.02. The molecule has 4 N–H and O–H groups in total. The normalized spacial score (nSPS) is 12.9. The monoisotopic (exact) mass is 242 g/mol. The molecule has 0 amide bonds. The summed E-state index contributed by atoms with van der Waals surface area (Å²) in [6.07, 6.45) is 0. The van der Waals surface area contributed by atoms with Crippen molar-refractivity contribution < 1.29 is 5.11 Å². The topological polar surface area (TPSA) is 58.3 Å². The number of aliphatic hydroxyl groups is 1. The molecule has 90 valence electrons. The molecule has 0 bridgehead atoms. The van der Waals surface area contributed by atoms with Gasteiger partial charge in [0.15, 0.2) is 0 Å². The summed E-state index contributed by atoms with van der Waals surface area (Å²) in [4.78, 5) is 0. The zero-order chi connectivity index (χ0) is 12.1. The van der Waals surface area contributed by atoms with E-state index in [1.807, 2.05) is 18.2 Å². The SMILES string of the molecule is CC(C)C(CO)Nc1cccc(Cl)c1CN. The number of benzene rings is 1. The van der Waals surface area contributed by atoms with Gasteiger partial charge in [-0.2, -0.15) is 0 Å². The van der Waals surface area contributed by atoms with E-state index in [0.717, 1.165) is 11.3 Å². The van der Waals surface area contributed by atoms with E-state index in [1.54, 1.807) is 0 Å². The number of nitrogens with two attached hydrogens (primary N) is 1. The van der Waals surface area contributed by atoms with Crippen molar-refractivity contribution in [2.24, 2.45) is 11.7 Å². The van der Waals surface area contributed by atoms with Crippen LogP contribution >= 0.6 is 11.6 Å². The molecule has 1 aromatic carbocycles. The molecule has 1 unspecified atom stereocenters. The van der Waals surface area contributed by atoms with Gasteiger partial charge in [-0.05, 0) is 18.1 Å². The number of rotatable bonds is 5. The Morgan fingerprint density at radius 3 is 2.62 bits per heavy atom. The predicted molar refractivity (Wildman–Crippen MR) is 68.7 cm³/mol. The molecule has 4 heteroatoms. The lowest BCUT2D eigenvalue weighted by atomic mass is 10.0. The summed E-state index contributed by atoms with van der Waals surface area (Å²) in [6, 6.07) is 5.64. The molecule has 0 aliphatic heterocycles. The molecule has 0 aliphatic rings. The number of anilines is 1. The molecular formula is C12H19ClN2O. The van der Waals surface area contributed by atoms with E-state index in [9.17, 15) is 5.11 Å². The Balaban J connectivity index is 2.91. The van der Waals surface area contributed by atoms with Gasteiger partial charge in [-0.25, -0.2) is 0 Å². The van der Waals surface area contributed by atoms with E-state index < -0.39 is 0 Å². The lowest BCUT2D eigenvalue weighted by molar-refractivity contribution is 0.249. The van der Waals surface area contributed by atoms with E-state index in [1.165, 1.54) is 0 Å². The van der Waals surface area contributed by atoms with Gasteiger partial charge in [0.05, 0.1) is 12.6 Å². The van der Waals surface area contributed by atoms with Crippen LogP contribution in [0.3, 0.4) is 0 Å². The van der Waals surface area contributed by atoms with Crippen LogP contribution in [0.1, 0.15) is 19.4 Å². The van der Waals surface area contributed by atoms with Gasteiger partial charge in [0, 0.05) is 22.8 Å². The van der Waals surface area contributed by atoms with Crippen LogP contribution in [0.15, 0.2) is 18.2 Å². The number of hydrogen-bond donors (Lipinski definition) is 3. The number of halogens is 1. The maximum atomic E-state index is 9.26. The molecule has 0 aromatic heterocycles. The zero-order valence-electron chi connectivity index (χ0n) is 9.70. The first-order valence-corrected chi connectivity index (χ1v) is 5.82. The quantitative estimate of drug-likeness (QED) is 0.742. The van der Waals surface area contributed by atoms with Gasteiger partial charge in [0.2, 0.25) is 0 Å². The highest BCUT2D eigenvalue weighted by Gasteiger charge is 2.14. The van der Waals surface area contributed by atoms with Crippen LogP contribution in [0.5, 0.6) is 0 Å². The summed E-state index contributed by atoms with van der Waals surface area (Å²) in [7, 11) is 0. The Hall–Kier alpha value is -0.770. The molecule has 0 radical (unpaired) electrons. The van der Waals surface area contributed by atoms with Crippen LogP contribution < -0.4 is 11.1 Å². The average molecular weight is 243 g/mol. The molecule has 0 heterocycles. The summed E-state index contributed by atoms with van der Waals surface area (Å²) in [6.45, 7) is 4.59. The second-order valence-corrected chi connectivity index (χ2v) is 4.55. The van der Waals surface area contributed by atoms with Crippen LogP contribution in [-0.2, 0) is 6.54 Å². The van der Waals surface area contributed by atoms with Crippen molar-refractivity contribution in [2.75, 3.05) is 11.9 Å². The Morgan fingerprint density at radius 2 is 2.12 bits per heavy atom. The second kappa shape index (κ2) is 6.09. The molecule has 0 aliphatic carbocycles. The van der Waals surface area contributed by atoms with Crippen molar-refractivity contribution >= 4 is 17.3 Å². The average Bonchev–Trinajstić information content (AvgIpc) is 2.25. The molecule has 0 saturated carbocycles. The molecular weight excluding hydrogens is 224 g/mol. The first-order chi connectivity index (χ1) is 7.60. The molecule has 0 saturated heterocycles. The lowest BCUT2D eigenvalue weighted by Crippen LogP contribution is -2.30. The Bertz CT molecular complexity index is 342. The minimum atomic E-state index is 0.0174. The largest absolute Gasteiger partial charge is 0.394 e. The van der Waals surface area contributed by atoms with Crippen molar-refractivity contribution in [3.63, 3.8) is 0 Å². The first-order valence-electron chi connectivity index (χ1n) is 5.45. The van der Waals surface area contributed by atoms with Gasteiger partial charge >= 0.3 is 0 Å². The van der Waals surface area contributed by atoms with Gasteiger partial charge in [0.1, 0.15) is 0 Å². The third-order valence-electron chi connectivity index (χ3n) is 2.67. The van der Waals surface area contributed by atoms with Gasteiger partial charge < -0.3 is 16.2 Å². The summed E-state index contributed by atoms with van der Waals surface area (Å²) in [5.74, 6) is 0.342. The fourth-order valence-electron chi connectivity index (χ4n) is 1.52. The molecule has 1 aromatic rings. The van der Waals surface area contributed by atoms with Crippen molar-refractivity contribution in [1.82, 2.24) is 0 Å². The Kier molecular flexibility index (Phi) is 5.06. The van der Waals surface area contributed by atoms with Crippen LogP contribution in [-0.4, -0.2) is 17.8 Å². The summed E-state index contributed by atoms with van der Waals surface area (Å²) < 4.78 is 0. The molecule has 1 atom stereocenters. The van der Waals surface area contributed by atoms with Gasteiger partial charge in [-0.15, -0.1) is 0 Å². The maximum Gasteiger partial charge on any atom is 0.0635 e. The zero-order valence-corrected chi connectivity index (χ0v) is 10.5. The summed E-state index contributed by atoms with van der Waals surface area (Å²) in [5, 5.41) is 13.2. The van der Waals surface area contributed by atoms with E-state index in [-0.39, 0.29) is 12.6 Å². The molecule has 3 nitrogen and oxygen atoms in total. The molecule has 0 fully saturated rings. The maximum absolute atomic E-state index is 9.26. The van der Waals surface area contributed by atoms with E-state index in [2.05, 4.69) is 19.2 Å². The Labute approximate surface area is 102 Å². The first kappa shape index (κ1) is 13.3. The minimum absolute atomic E-state index is 0.0174. The summed E-state index contributed by atoms with van der Waals surface area (Å²) >= 11 is 6.05. The highest BCUT2D eigenvalue weighted by Crippen LogP contribution is 2.25. The Morgan fingerprint density at radius 1 is 1.44 bits per heavy atom. The van der Waals surface area contributed by atoms with Crippen LogP contribution in [0, 0.1) is 5.92 Å². The van der Waals surface area contributed by atoms with Crippen LogP contribution in [0.4, 0.5) is 5.69 Å². The van der Waals surface area contributed by atoms with Crippen LogP contribution in [0.25, 0.3) is 0 Å². The van der Waals surface area contributed by atoms with Crippen molar-refractivity contribution in [3.05, 3.63) is 28.8 Å². The third kappa shape index (κ3) is 3.11. The van der Waals surface area contributed by atoms with Gasteiger partial charge in [0.25, 0.3) is 0 Å². The standard InChI is InChI=1S/C12H19ClN2O/c1-8(2)12(7-16)15-11-5-3-4-10(13)9(11)6-14/h3-5,8,12,15-16H,6-7,14H2,1-2H3. The lowest BCUT2D eigenvalue weighted by Gasteiger charge is -2.23. The smallest absolute Gasteiger partial charge is 0.0635 e. The van der Waals surface area contributed by atoms with E-state index >= 15 is 0 Å². The van der Waals surface area contributed by atoms with E-state index in [4.69, 9.17) is 17.3 Å². The fourth-order valence-corrected chi connectivity index (χ4v) is 1.78. The van der Waals surface area contributed by atoms with Crippen molar-refractivity contribution in [2.45, 2.75) is 26.4 Å². The minimum Gasteiger partial charge on any atom is -0.394 e. The van der Waals surface area contributed by atoms with Crippen molar-refractivity contribution in [3.8, 4) is 0 Å². The number of aliphatic hydroxyl groups excluding tert-OH is 1. The van der Waals surface area contributed by atoms with Crippen molar-refractivity contribution in [1.29, 1.82) is 0 Å². The number of nitrogens with one attached hydrogen (secondary N) is 1. The van der Waals surface area contributed by atoms with Crippen LogP contribution in [0.2, 0.25) is 5.02 Å². The van der Waals surface area contributed by atoms with Gasteiger partial charge in [-0.3, -0.25) is 0 Å². The molecule has 0 spiro atoms. The van der Waals surface area contributed by atoms with E-state index in [0.29, 0.717) is 17.5 Å². The highest BCUT2D eigenvalue weighted by atomic mass is 35.5. The highest BCUT2D eigenvalue weighted by molar-refractivity contribution is 6.31. The molecule has 1 rings (SSSR count).